The molecule has 1 heterocycles. The van der Waals surface area contributed by atoms with Crippen molar-refractivity contribution in [3.63, 3.8) is 0 Å². The van der Waals surface area contributed by atoms with Crippen molar-refractivity contribution in [2.24, 2.45) is 0 Å². The van der Waals surface area contributed by atoms with Gasteiger partial charge >= 0.3 is 0 Å². The molecule has 0 amide bonds. The van der Waals surface area contributed by atoms with Crippen molar-refractivity contribution in [3.05, 3.63) is 16.6 Å². The molecule has 7 nitrogen and oxygen atoms in total. The maximum absolute atomic E-state index is 12.5. The summed E-state index contributed by atoms with van der Waals surface area (Å²) in [6, 6.07) is 3.02. The lowest BCUT2D eigenvalue weighted by Gasteiger charge is -2.26. The molecule has 1 aromatic rings. The Balaban J connectivity index is 0.00000288. The first-order chi connectivity index (χ1) is 11.0. The number of ether oxygens (including phenoxy) is 3. The van der Waals surface area contributed by atoms with Crippen LogP contribution in [0.25, 0.3) is 0 Å². The SMILES string of the molecule is COc1cc(OC)c(S(=O)(=O)NCCN2CCOCC2)cc1Br.Cl. The molecular weight excluding hydrogens is 424 g/mol. The van der Waals surface area contributed by atoms with Gasteiger partial charge in [-0.3, -0.25) is 4.90 Å². The zero-order chi connectivity index (χ0) is 16.9. The highest BCUT2D eigenvalue weighted by Crippen LogP contribution is 2.35. The molecule has 0 aliphatic carbocycles. The maximum atomic E-state index is 12.5. The first-order valence-electron chi connectivity index (χ1n) is 7.19. The summed E-state index contributed by atoms with van der Waals surface area (Å²) in [5.41, 5.74) is 0. The lowest BCUT2D eigenvalue weighted by atomic mass is 10.3. The molecule has 2 rings (SSSR count). The quantitative estimate of drug-likeness (QED) is 0.685. The lowest BCUT2D eigenvalue weighted by Crippen LogP contribution is -2.41. The van der Waals surface area contributed by atoms with Crippen molar-refractivity contribution < 1.29 is 22.6 Å². The van der Waals surface area contributed by atoms with Crippen LogP contribution in [0.15, 0.2) is 21.5 Å². The molecule has 1 aliphatic rings. The van der Waals surface area contributed by atoms with Crippen molar-refractivity contribution in [1.29, 1.82) is 0 Å². The molecule has 0 spiro atoms. The van der Waals surface area contributed by atoms with Gasteiger partial charge in [-0.1, -0.05) is 0 Å². The Labute approximate surface area is 157 Å². The third-order valence-electron chi connectivity index (χ3n) is 3.55. The van der Waals surface area contributed by atoms with E-state index < -0.39 is 10.0 Å². The van der Waals surface area contributed by atoms with E-state index in [9.17, 15) is 8.42 Å². The van der Waals surface area contributed by atoms with E-state index in [1.54, 1.807) is 6.07 Å². The lowest BCUT2D eigenvalue weighted by molar-refractivity contribution is 0.0390. The highest BCUT2D eigenvalue weighted by atomic mass is 79.9. The van der Waals surface area contributed by atoms with Crippen molar-refractivity contribution in [2.75, 3.05) is 53.6 Å². The standard InChI is InChI=1S/C14H21BrN2O5S.ClH/c1-20-12-10-13(21-2)14(9-11(12)15)23(18,19)16-3-4-17-5-7-22-8-6-17;/h9-10,16H,3-8H2,1-2H3;1H. The molecule has 1 saturated heterocycles. The average Bonchev–Trinajstić information content (AvgIpc) is 2.55. The second-order valence-electron chi connectivity index (χ2n) is 4.99. The monoisotopic (exact) mass is 444 g/mol. The first-order valence-corrected chi connectivity index (χ1v) is 9.47. The highest BCUT2D eigenvalue weighted by Gasteiger charge is 2.22. The molecular formula is C14H22BrClN2O5S. The number of nitrogens with zero attached hydrogens (tertiary/aromatic N) is 1. The summed E-state index contributed by atoms with van der Waals surface area (Å²) in [6.45, 7) is 3.98. The van der Waals surface area contributed by atoms with Gasteiger partial charge in [0.1, 0.15) is 16.4 Å². The van der Waals surface area contributed by atoms with Crippen LogP contribution in [0.3, 0.4) is 0 Å². The van der Waals surface area contributed by atoms with Gasteiger partial charge in [0.2, 0.25) is 10.0 Å². The van der Waals surface area contributed by atoms with Crippen LogP contribution in [0.4, 0.5) is 0 Å². The Morgan fingerprint density at radius 3 is 2.42 bits per heavy atom. The zero-order valence-corrected chi connectivity index (χ0v) is 16.8. The fourth-order valence-corrected chi connectivity index (χ4v) is 4.14. The van der Waals surface area contributed by atoms with Crippen LogP contribution in [0, 0.1) is 0 Å². The minimum Gasteiger partial charge on any atom is -0.495 e. The van der Waals surface area contributed by atoms with Crippen molar-refractivity contribution >= 4 is 38.4 Å². The van der Waals surface area contributed by atoms with Gasteiger partial charge in [-0.05, 0) is 22.0 Å². The molecule has 0 saturated carbocycles. The minimum absolute atomic E-state index is 0. The van der Waals surface area contributed by atoms with Gasteiger partial charge in [-0.2, -0.15) is 0 Å². The fourth-order valence-electron chi connectivity index (χ4n) is 2.28. The Kier molecular flexibility index (Phi) is 8.75. The minimum atomic E-state index is -3.67. The Bertz CT molecular complexity index is 638. The summed E-state index contributed by atoms with van der Waals surface area (Å²) in [6.07, 6.45) is 0. The number of hydrogen-bond acceptors (Lipinski definition) is 6. The van der Waals surface area contributed by atoms with Crippen LogP contribution in [0.5, 0.6) is 11.5 Å². The number of methoxy groups -OCH3 is 2. The number of halogens is 2. The summed E-state index contributed by atoms with van der Waals surface area (Å²) >= 11 is 3.30. The largest absolute Gasteiger partial charge is 0.495 e. The van der Waals surface area contributed by atoms with E-state index in [4.69, 9.17) is 14.2 Å². The molecule has 0 atom stereocenters. The van der Waals surface area contributed by atoms with Crippen LogP contribution < -0.4 is 14.2 Å². The number of rotatable bonds is 7. The molecule has 0 bridgehead atoms. The van der Waals surface area contributed by atoms with Crippen LogP contribution in [-0.4, -0.2) is 66.9 Å². The number of benzene rings is 1. The third kappa shape index (κ3) is 5.47. The molecule has 10 heteroatoms. The van der Waals surface area contributed by atoms with Crippen molar-refractivity contribution in [1.82, 2.24) is 9.62 Å². The van der Waals surface area contributed by atoms with E-state index in [0.29, 0.717) is 36.5 Å². The summed E-state index contributed by atoms with van der Waals surface area (Å²) < 4.78 is 43.8. The van der Waals surface area contributed by atoms with Crippen LogP contribution in [-0.2, 0) is 14.8 Å². The number of sulfonamides is 1. The molecule has 1 aromatic carbocycles. The molecule has 1 N–H and O–H groups in total. The van der Waals surface area contributed by atoms with E-state index in [1.807, 2.05) is 0 Å². The summed E-state index contributed by atoms with van der Waals surface area (Å²) in [7, 11) is -0.736. The number of nitrogens with one attached hydrogen (secondary N) is 1. The van der Waals surface area contributed by atoms with Crippen LogP contribution in [0.1, 0.15) is 0 Å². The molecule has 24 heavy (non-hydrogen) atoms. The molecule has 0 aromatic heterocycles. The second-order valence-corrected chi connectivity index (χ2v) is 7.58. The van der Waals surface area contributed by atoms with E-state index >= 15 is 0 Å². The fraction of sp³-hybridized carbons (Fsp3) is 0.571. The summed E-state index contributed by atoms with van der Waals surface area (Å²) in [5.74, 6) is 0.748. The van der Waals surface area contributed by atoms with E-state index in [0.717, 1.165) is 13.1 Å². The van der Waals surface area contributed by atoms with E-state index in [-0.39, 0.29) is 23.1 Å². The van der Waals surface area contributed by atoms with E-state index in [2.05, 4.69) is 25.6 Å². The number of morpholine rings is 1. The zero-order valence-electron chi connectivity index (χ0n) is 13.6. The smallest absolute Gasteiger partial charge is 0.244 e. The molecule has 0 unspecified atom stereocenters. The van der Waals surface area contributed by atoms with Gasteiger partial charge in [0.05, 0.1) is 31.9 Å². The predicted molar refractivity (Wildman–Crippen MR) is 96.9 cm³/mol. The van der Waals surface area contributed by atoms with Gasteiger partial charge in [0, 0.05) is 32.2 Å². The van der Waals surface area contributed by atoms with Gasteiger partial charge < -0.3 is 14.2 Å². The molecule has 1 fully saturated rings. The van der Waals surface area contributed by atoms with E-state index in [1.165, 1.54) is 20.3 Å². The van der Waals surface area contributed by atoms with Crippen molar-refractivity contribution in [2.45, 2.75) is 4.90 Å². The summed E-state index contributed by atoms with van der Waals surface area (Å²) in [5, 5.41) is 0. The van der Waals surface area contributed by atoms with Gasteiger partial charge in [0.25, 0.3) is 0 Å². The average molecular weight is 446 g/mol. The highest BCUT2D eigenvalue weighted by molar-refractivity contribution is 9.10. The Morgan fingerprint density at radius 1 is 1.21 bits per heavy atom. The molecule has 1 aliphatic heterocycles. The topological polar surface area (TPSA) is 77.1 Å². The summed E-state index contributed by atoms with van der Waals surface area (Å²) in [4.78, 5) is 2.24. The van der Waals surface area contributed by atoms with Gasteiger partial charge in [0.15, 0.2) is 0 Å². The predicted octanol–water partition coefficient (Wildman–Crippen LogP) is 1.50. The Morgan fingerprint density at radius 2 is 1.83 bits per heavy atom. The number of hydrogen-bond donors (Lipinski definition) is 1. The molecule has 0 radical (unpaired) electrons. The van der Waals surface area contributed by atoms with Gasteiger partial charge in [-0.25, -0.2) is 13.1 Å². The normalized spacial score (nSPS) is 15.6. The first kappa shape index (κ1) is 21.5. The molecule has 138 valence electrons. The van der Waals surface area contributed by atoms with Gasteiger partial charge in [-0.15, -0.1) is 12.4 Å². The van der Waals surface area contributed by atoms with Crippen molar-refractivity contribution in [3.8, 4) is 11.5 Å². The maximum Gasteiger partial charge on any atom is 0.244 e. The third-order valence-corrected chi connectivity index (χ3v) is 5.65. The van der Waals surface area contributed by atoms with Crippen LogP contribution >= 0.6 is 28.3 Å². The second kappa shape index (κ2) is 9.79. The van der Waals surface area contributed by atoms with Crippen LogP contribution in [0.2, 0.25) is 0 Å². The Hall–Kier alpha value is -0.580.